The summed E-state index contributed by atoms with van der Waals surface area (Å²) in [4.78, 5) is 31.3. The Morgan fingerprint density at radius 1 is 1.03 bits per heavy atom. The first-order chi connectivity index (χ1) is 14.1. The first kappa shape index (κ1) is 23.1. The smallest absolute Gasteiger partial charge is 0.270 e. The van der Waals surface area contributed by atoms with Crippen molar-refractivity contribution in [3.05, 3.63) is 51.5 Å². The lowest BCUT2D eigenvalue weighted by atomic mass is 10.0. The van der Waals surface area contributed by atoms with Crippen LogP contribution in [0.1, 0.15) is 84.3 Å². The van der Waals surface area contributed by atoms with Gasteiger partial charge in [-0.05, 0) is 43.4 Å². The highest BCUT2D eigenvalue weighted by atomic mass is 32.1. The number of hydrogen-bond acceptors (Lipinski definition) is 4. The molecule has 0 atom stereocenters. The number of unbranched alkanes of at least 4 members (excludes halogenated alkanes) is 2. The lowest BCUT2D eigenvalue weighted by Crippen LogP contribution is -2.31. The molecule has 2 rings (SSSR count). The Balaban J connectivity index is 2.02. The molecule has 0 spiro atoms. The summed E-state index contributed by atoms with van der Waals surface area (Å²) in [6.45, 7) is 8.00. The van der Waals surface area contributed by atoms with E-state index in [9.17, 15) is 9.59 Å². The molecule has 0 saturated heterocycles. The first-order valence-corrected chi connectivity index (χ1v) is 11.6. The van der Waals surface area contributed by atoms with E-state index in [1.807, 2.05) is 24.0 Å². The number of amides is 2. The van der Waals surface area contributed by atoms with Crippen LogP contribution in [-0.4, -0.2) is 34.8 Å². The van der Waals surface area contributed by atoms with Crippen molar-refractivity contribution < 1.29 is 9.59 Å². The molecule has 1 heterocycles. The highest BCUT2D eigenvalue weighted by molar-refractivity contribution is 7.09. The number of carbonyl (C=O) groups is 2. The van der Waals surface area contributed by atoms with Gasteiger partial charge in [0.25, 0.3) is 11.8 Å². The quantitative estimate of drug-likeness (QED) is 0.492. The van der Waals surface area contributed by atoms with Crippen LogP contribution in [0.4, 0.5) is 0 Å². The predicted octanol–water partition coefficient (Wildman–Crippen LogP) is 5.07. The van der Waals surface area contributed by atoms with E-state index in [2.05, 4.69) is 36.3 Å². The van der Waals surface area contributed by atoms with Crippen LogP contribution in [0, 0.1) is 0 Å². The zero-order valence-electron chi connectivity index (χ0n) is 17.9. The Morgan fingerprint density at radius 2 is 1.79 bits per heavy atom. The van der Waals surface area contributed by atoms with Crippen molar-refractivity contribution in [1.82, 2.24) is 15.2 Å². The second-order valence-electron chi connectivity index (χ2n) is 7.26. The summed E-state index contributed by atoms with van der Waals surface area (Å²) in [5, 5.41) is 5.38. The van der Waals surface area contributed by atoms with E-state index in [1.165, 1.54) is 36.2 Å². The van der Waals surface area contributed by atoms with Crippen molar-refractivity contribution >= 4 is 23.2 Å². The number of nitrogens with one attached hydrogen (secondary N) is 1. The summed E-state index contributed by atoms with van der Waals surface area (Å²) < 4.78 is 0. The number of rotatable bonds is 12. The van der Waals surface area contributed by atoms with E-state index in [0.29, 0.717) is 30.9 Å². The maximum Gasteiger partial charge on any atom is 0.270 e. The van der Waals surface area contributed by atoms with Crippen molar-refractivity contribution in [2.45, 2.75) is 65.8 Å². The Hall–Kier alpha value is -2.21. The average Bonchev–Trinajstić information content (AvgIpc) is 3.20. The normalized spacial score (nSPS) is 10.7. The van der Waals surface area contributed by atoms with Crippen LogP contribution in [0.25, 0.3) is 0 Å². The van der Waals surface area contributed by atoms with Gasteiger partial charge in [0.2, 0.25) is 0 Å². The Morgan fingerprint density at radius 3 is 2.45 bits per heavy atom. The van der Waals surface area contributed by atoms with Gasteiger partial charge in [-0.3, -0.25) is 9.59 Å². The lowest BCUT2D eigenvalue weighted by Gasteiger charge is -2.21. The number of thiazole rings is 1. The SMILES string of the molecule is CCCCCc1ccc(C(=O)N(CCC)Cc2nc(C(=O)NCCC)cs2)cc1. The van der Waals surface area contributed by atoms with Gasteiger partial charge < -0.3 is 10.2 Å². The van der Waals surface area contributed by atoms with E-state index in [1.54, 1.807) is 5.38 Å². The van der Waals surface area contributed by atoms with E-state index in [0.717, 1.165) is 24.3 Å². The van der Waals surface area contributed by atoms with Gasteiger partial charge in [0.1, 0.15) is 10.7 Å². The molecular weight excluding hydrogens is 382 g/mol. The van der Waals surface area contributed by atoms with Crippen molar-refractivity contribution in [3.8, 4) is 0 Å². The standard InChI is InChI=1S/C23H33N3O2S/c1-4-7-8-9-18-10-12-19(13-11-18)23(28)26(15-6-3)16-21-25-20(17-29-21)22(27)24-14-5-2/h10-13,17H,4-9,14-16H2,1-3H3,(H,24,27). The van der Waals surface area contributed by atoms with Gasteiger partial charge in [0.15, 0.2) is 0 Å². The Bertz CT molecular complexity index is 771. The number of hydrogen-bond donors (Lipinski definition) is 1. The highest BCUT2D eigenvalue weighted by Crippen LogP contribution is 2.16. The molecule has 0 fully saturated rings. The van der Waals surface area contributed by atoms with Gasteiger partial charge in [-0.25, -0.2) is 4.98 Å². The fourth-order valence-electron chi connectivity index (χ4n) is 3.08. The van der Waals surface area contributed by atoms with E-state index in [-0.39, 0.29) is 11.8 Å². The fourth-order valence-corrected chi connectivity index (χ4v) is 3.87. The van der Waals surface area contributed by atoms with Gasteiger partial charge in [0, 0.05) is 24.0 Å². The molecule has 0 aliphatic rings. The molecule has 2 aromatic rings. The highest BCUT2D eigenvalue weighted by Gasteiger charge is 2.18. The monoisotopic (exact) mass is 415 g/mol. The minimum absolute atomic E-state index is 0.0131. The van der Waals surface area contributed by atoms with E-state index >= 15 is 0 Å². The van der Waals surface area contributed by atoms with Crippen LogP contribution in [0.3, 0.4) is 0 Å². The van der Waals surface area contributed by atoms with Crippen molar-refractivity contribution in [1.29, 1.82) is 0 Å². The molecule has 0 saturated carbocycles. The van der Waals surface area contributed by atoms with Crippen LogP contribution in [-0.2, 0) is 13.0 Å². The molecule has 5 nitrogen and oxygen atoms in total. The average molecular weight is 416 g/mol. The maximum atomic E-state index is 13.0. The third-order valence-electron chi connectivity index (χ3n) is 4.70. The third kappa shape index (κ3) is 7.28. The van der Waals surface area contributed by atoms with Gasteiger partial charge >= 0.3 is 0 Å². The summed E-state index contributed by atoms with van der Waals surface area (Å²) in [5.41, 5.74) is 2.41. The molecule has 0 aliphatic carbocycles. The minimum atomic E-state index is -0.152. The minimum Gasteiger partial charge on any atom is -0.351 e. The van der Waals surface area contributed by atoms with Crippen LogP contribution in [0.15, 0.2) is 29.6 Å². The van der Waals surface area contributed by atoms with Crippen LogP contribution >= 0.6 is 11.3 Å². The van der Waals surface area contributed by atoms with Gasteiger partial charge in [-0.15, -0.1) is 11.3 Å². The molecule has 0 bridgehead atoms. The molecule has 1 aromatic heterocycles. The van der Waals surface area contributed by atoms with Crippen molar-refractivity contribution in [2.75, 3.05) is 13.1 Å². The molecule has 158 valence electrons. The molecule has 6 heteroatoms. The third-order valence-corrected chi connectivity index (χ3v) is 5.53. The molecule has 0 unspecified atom stereocenters. The first-order valence-electron chi connectivity index (χ1n) is 10.7. The van der Waals surface area contributed by atoms with E-state index < -0.39 is 0 Å². The number of carbonyl (C=O) groups excluding carboxylic acids is 2. The lowest BCUT2D eigenvalue weighted by molar-refractivity contribution is 0.0743. The van der Waals surface area contributed by atoms with Gasteiger partial charge in [-0.2, -0.15) is 0 Å². The fraction of sp³-hybridized carbons (Fsp3) is 0.522. The molecule has 29 heavy (non-hydrogen) atoms. The van der Waals surface area contributed by atoms with Crippen molar-refractivity contribution in [2.24, 2.45) is 0 Å². The summed E-state index contributed by atoms with van der Waals surface area (Å²) in [6, 6.07) is 7.98. The largest absolute Gasteiger partial charge is 0.351 e. The van der Waals surface area contributed by atoms with Crippen molar-refractivity contribution in [3.63, 3.8) is 0 Å². The molecule has 1 N–H and O–H groups in total. The van der Waals surface area contributed by atoms with Gasteiger partial charge in [-0.1, -0.05) is 45.7 Å². The topological polar surface area (TPSA) is 62.3 Å². The number of nitrogens with zero attached hydrogens (tertiary/aromatic N) is 2. The predicted molar refractivity (Wildman–Crippen MR) is 119 cm³/mol. The number of benzene rings is 1. The van der Waals surface area contributed by atoms with Crippen LogP contribution < -0.4 is 5.32 Å². The summed E-state index contributed by atoms with van der Waals surface area (Å²) >= 11 is 1.43. The van der Waals surface area contributed by atoms with E-state index in [4.69, 9.17) is 0 Å². The summed E-state index contributed by atoms with van der Waals surface area (Å²) in [6.07, 6.45) is 6.44. The zero-order chi connectivity index (χ0) is 21.1. The second kappa shape index (κ2) is 12.4. The van der Waals surface area contributed by atoms with Crippen LogP contribution in [0.2, 0.25) is 0 Å². The summed E-state index contributed by atoms with van der Waals surface area (Å²) in [7, 11) is 0. The molecule has 2 amide bonds. The second-order valence-corrected chi connectivity index (χ2v) is 8.21. The van der Waals surface area contributed by atoms with Crippen LogP contribution in [0.5, 0.6) is 0 Å². The maximum absolute atomic E-state index is 13.0. The number of aromatic nitrogens is 1. The Kier molecular flexibility index (Phi) is 9.84. The molecule has 0 radical (unpaired) electrons. The summed E-state index contributed by atoms with van der Waals surface area (Å²) in [5.74, 6) is -0.138. The number of aryl methyl sites for hydroxylation is 1. The van der Waals surface area contributed by atoms with Gasteiger partial charge in [0.05, 0.1) is 6.54 Å². The molecule has 1 aromatic carbocycles. The zero-order valence-corrected chi connectivity index (χ0v) is 18.7. The Labute approximate surface area is 178 Å². The molecular formula is C23H33N3O2S. The molecule has 0 aliphatic heterocycles.